The number of nitrogen functional groups attached to an aromatic ring is 1. The number of hydrazine groups is 1. The molecule has 5 nitrogen and oxygen atoms in total. The zero-order valence-electron chi connectivity index (χ0n) is 10.2. The summed E-state index contributed by atoms with van der Waals surface area (Å²) in [6, 6.07) is 9.71. The van der Waals surface area contributed by atoms with Gasteiger partial charge in [-0.2, -0.15) is 0 Å². The third kappa shape index (κ3) is 3.12. The standard InChI is InChI=1S/C12H14N4OS/c1-8-6-11(15-12(14-8)16-13)18-10-5-3-4-9(7-10)17-2/h3-7H,13H2,1-2H3,(H,14,15,16). The first-order chi connectivity index (χ1) is 8.71. The Morgan fingerprint density at radius 2 is 2.11 bits per heavy atom. The van der Waals surface area contributed by atoms with Crippen LogP contribution in [0.1, 0.15) is 5.69 Å². The summed E-state index contributed by atoms with van der Waals surface area (Å²) >= 11 is 1.53. The molecule has 0 saturated heterocycles. The van der Waals surface area contributed by atoms with Gasteiger partial charge in [0.05, 0.1) is 7.11 Å². The van der Waals surface area contributed by atoms with Gasteiger partial charge in [-0.15, -0.1) is 0 Å². The molecule has 1 aromatic heterocycles. The molecule has 0 bridgehead atoms. The normalized spacial score (nSPS) is 10.2. The zero-order valence-corrected chi connectivity index (χ0v) is 11.0. The summed E-state index contributed by atoms with van der Waals surface area (Å²) in [5.74, 6) is 6.56. The first kappa shape index (κ1) is 12.7. The Morgan fingerprint density at radius 1 is 1.28 bits per heavy atom. The van der Waals surface area contributed by atoms with E-state index in [1.54, 1.807) is 7.11 Å². The number of hydrogen-bond acceptors (Lipinski definition) is 6. The van der Waals surface area contributed by atoms with Crippen LogP contribution in [0.3, 0.4) is 0 Å². The minimum Gasteiger partial charge on any atom is -0.497 e. The molecule has 0 unspecified atom stereocenters. The van der Waals surface area contributed by atoms with E-state index in [1.165, 1.54) is 11.8 Å². The van der Waals surface area contributed by atoms with Gasteiger partial charge in [-0.1, -0.05) is 17.8 Å². The first-order valence-corrected chi connectivity index (χ1v) is 6.17. The van der Waals surface area contributed by atoms with Crippen LogP contribution in [-0.2, 0) is 0 Å². The second-order valence-electron chi connectivity index (χ2n) is 3.60. The molecule has 3 N–H and O–H groups in total. The van der Waals surface area contributed by atoms with Crippen molar-refractivity contribution in [2.45, 2.75) is 16.8 Å². The Morgan fingerprint density at radius 3 is 2.83 bits per heavy atom. The maximum atomic E-state index is 5.32. The lowest BCUT2D eigenvalue weighted by molar-refractivity contribution is 0.413. The SMILES string of the molecule is COc1cccc(Sc2cc(C)nc(NN)n2)c1. The molecule has 0 amide bonds. The van der Waals surface area contributed by atoms with Gasteiger partial charge in [-0.3, -0.25) is 5.43 Å². The van der Waals surface area contributed by atoms with Gasteiger partial charge in [0.15, 0.2) is 0 Å². The van der Waals surface area contributed by atoms with Crippen LogP contribution in [0.5, 0.6) is 5.75 Å². The van der Waals surface area contributed by atoms with E-state index < -0.39 is 0 Å². The Kier molecular flexibility index (Phi) is 4.01. The van der Waals surface area contributed by atoms with E-state index in [4.69, 9.17) is 10.6 Å². The van der Waals surface area contributed by atoms with Crippen LogP contribution in [0.25, 0.3) is 0 Å². The monoisotopic (exact) mass is 262 g/mol. The van der Waals surface area contributed by atoms with Gasteiger partial charge in [0, 0.05) is 10.6 Å². The van der Waals surface area contributed by atoms with E-state index in [0.29, 0.717) is 5.95 Å². The summed E-state index contributed by atoms with van der Waals surface area (Å²) in [5, 5.41) is 0.837. The molecule has 6 heteroatoms. The highest BCUT2D eigenvalue weighted by Gasteiger charge is 2.04. The topological polar surface area (TPSA) is 73.1 Å². The Bertz CT molecular complexity index is 547. The number of nitrogens with zero attached hydrogens (tertiary/aromatic N) is 2. The van der Waals surface area contributed by atoms with Crippen LogP contribution < -0.4 is 16.0 Å². The van der Waals surface area contributed by atoms with Crippen molar-refractivity contribution in [2.75, 3.05) is 12.5 Å². The molecule has 2 aromatic rings. The molecule has 0 spiro atoms. The van der Waals surface area contributed by atoms with Crippen molar-refractivity contribution in [3.05, 3.63) is 36.0 Å². The first-order valence-electron chi connectivity index (χ1n) is 5.35. The minimum absolute atomic E-state index is 0.417. The summed E-state index contributed by atoms with van der Waals surface area (Å²) in [4.78, 5) is 9.47. The predicted octanol–water partition coefficient (Wildman–Crippen LogP) is 2.23. The lowest BCUT2D eigenvalue weighted by atomic mass is 10.3. The number of hydrogen-bond donors (Lipinski definition) is 2. The number of aryl methyl sites for hydroxylation is 1. The summed E-state index contributed by atoms with van der Waals surface area (Å²) in [6.45, 7) is 1.90. The van der Waals surface area contributed by atoms with Gasteiger partial charge in [0.25, 0.3) is 0 Å². The number of rotatable bonds is 4. The zero-order chi connectivity index (χ0) is 13.0. The smallest absolute Gasteiger partial charge is 0.238 e. The predicted molar refractivity (Wildman–Crippen MR) is 71.7 cm³/mol. The molecule has 0 saturated carbocycles. The fourth-order valence-corrected chi connectivity index (χ4v) is 2.37. The Labute approximate surface area is 110 Å². The van der Waals surface area contributed by atoms with E-state index >= 15 is 0 Å². The largest absolute Gasteiger partial charge is 0.497 e. The van der Waals surface area contributed by atoms with E-state index in [9.17, 15) is 0 Å². The Balaban J connectivity index is 2.24. The van der Waals surface area contributed by atoms with Crippen molar-refractivity contribution in [1.29, 1.82) is 0 Å². The van der Waals surface area contributed by atoms with Crippen LogP contribution in [0.15, 0.2) is 40.3 Å². The summed E-state index contributed by atoms with van der Waals surface area (Å²) < 4.78 is 5.18. The molecule has 0 aliphatic heterocycles. The lowest BCUT2D eigenvalue weighted by Gasteiger charge is -2.06. The molecule has 0 aliphatic rings. The van der Waals surface area contributed by atoms with Gasteiger partial charge < -0.3 is 4.74 Å². The van der Waals surface area contributed by atoms with Crippen molar-refractivity contribution in [3.8, 4) is 5.75 Å². The highest BCUT2D eigenvalue weighted by molar-refractivity contribution is 7.99. The van der Waals surface area contributed by atoms with E-state index in [0.717, 1.165) is 21.4 Å². The van der Waals surface area contributed by atoms with Gasteiger partial charge in [-0.05, 0) is 31.2 Å². The fourth-order valence-electron chi connectivity index (χ4n) is 1.44. The molecule has 2 rings (SSSR count). The van der Waals surface area contributed by atoms with Crippen LogP contribution in [-0.4, -0.2) is 17.1 Å². The molecule has 0 aliphatic carbocycles. The Hall–Kier alpha value is -1.79. The maximum absolute atomic E-state index is 5.32. The second kappa shape index (κ2) is 5.70. The third-order valence-electron chi connectivity index (χ3n) is 2.22. The van der Waals surface area contributed by atoms with Crippen LogP contribution >= 0.6 is 11.8 Å². The molecule has 94 valence electrons. The number of ether oxygens (including phenoxy) is 1. The number of anilines is 1. The van der Waals surface area contributed by atoms with Crippen molar-refractivity contribution in [2.24, 2.45) is 5.84 Å². The number of nitrogens with two attached hydrogens (primary N) is 1. The molecular formula is C12H14N4OS. The van der Waals surface area contributed by atoms with Crippen LogP contribution in [0.4, 0.5) is 5.95 Å². The molecule has 0 fully saturated rings. The summed E-state index contributed by atoms with van der Waals surface area (Å²) in [7, 11) is 1.65. The quantitative estimate of drug-likeness (QED) is 0.500. The van der Waals surface area contributed by atoms with Crippen LogP contribution in [0, 0.1) is 6.92 Å². The minimum atomic E-state index is 0.417. The van der Waals surface area contributed by atoms with Crippen LogP contribution in [0.2, 0.25) is 0 Å². The van der Waals surface area contributed by atoms with Gasteiger partial charge in [0.1, 0.15) is 10.8 Å². The second-order valence-corrected chi connectivity index (χ2v) is 4.69. The number of nitrogens with one attached hydrogen (secondary N) is 1. The van der Waals surface area contributed by atoms with E-state index in [-0.39, 0.29) is 0 Å². The van der Waals surface area contributed by atoms with Gasteiger partial charge >= 0.3 is 0 Å². The van der Waals surface area contributed by atoms with Crippen molar-refractivity contribution >= 4 is 17.7 Å². The molecule has 1 aromatic carbocycles. The van der Waals surface area contributed by atoms with Gasteiger partial charge in [-0.25, -0.2) is 15.8 Å². The van der Waals surface area contributed by atoms with E-state index in [2.05, 4.69) is 15.4 Å². The average molecular weight is 262 g/mol. The molecule has 0 radical (unpaired) electrons. The van der Waals surface area contributed by atoms with Crippen molar-refractivity contribution in [1.82, 2.24) is 9.97 Å². The molecule has 0 atom stereocenters. The number of benzene rings is 1. The van der Waals surface area contributed by atoms with Gasteiger partial charge in [0.2, 0.25) is 5.95 Å². The number of aromatic nitrogens is 2. The van der Waals surface area contributed by atoms with E-state index in [1.807, 2.05) is 37.3 Å². The fraction of sp³-hybridized carbons (Fsp3) is 0.167. The van der Waals surface area contributed by atoms with Crippen molar-refractivity contribution in [3.63, 3.8) is 0 Å². The highest BCUT2D eigenvalue weighted by Crippen LogP contribution is 2.29. The molecular weight excluding hydrogens is 248 g/mol. The molecule has 18 heavy (non-hydrogen) atoms. The summed E-state index contributed by atoms with van der Waals surface area (Å²) in [6.07, 6.45) is 0. The average Bonchev–Trinajstić information content (AvgIpc) is 2.38. The molecule has 1 heterocycles. The maximum Gasteiger partial charge on any atom is 0.238 e. The van der Waals surface area contributed by atoms with Crippen molar-refractivity contribution < 1.29 is 4.74 Å². The number of methoxy groups -OCH3 is 1. The highest BCUT2D eigenvalue weighted by atomic mass is 32.2. The summed E-state index contributed by atoms with van der Waals surface area (Å²) in [5.41, 5.74) is 3.32. The lowest BCUT2D eigenvalue weighted by Crippen LogP contribution is -2.11. The third-order valence-corrected chi connectivity index (χ3v) is 3.13.